The molecule has 1 saturated heterocycles. The smallest absolute Gasteiger partial charge is 0.220 e. The van der Waals surface area contributed by atoms with Gasteiger partial charge in [-0.3, -0.25) is 4.79 Å². The fourth-order valence-corrected chi connectivity index (χ4v) is 2.79. The van der Waals surface area contributed by atoms with Crippen LogP contribution in [0.2, 0.25) is 0 Å². The molecule has 0 aromatic carbocycles. The van der Waals surface area contributed by atoms with Gasteiger partial charge in [-0.25, -0.2) is 4.98 Å². The van der Waals surface area contributed by atoms with Crippen molar-refractivity contribution in [3.05, 3.63) is 18.7 Å². The van der Waals surface area contributed by atoms with Gasteiger partial charge in [0.2, 0.25) is 5.91 Å². The molecule has 2 rings (SSSR count). The molecule has 1 aromatic rings. The molecule has 0 unspecified atom stereocenters. The van der Waals surface area contributed by atoms with E-state index >= 15 is 0 Å². The standard InChI is InChI=1S/C15H25N3O2/c1-12(2)15-13(5-9-20-15)10-17-14(19)4-3-7-18-8-6-16-11-18/h6,8,11-13,15H,3-5,7,9-10H2,1-2H3,(H,17,19)/t13-,15-/m1/s1. The number of carbonyl (C=O) groups excluding carboxylic acids is 1. The molecular weight excluding hydrogens is 254 g/mol. The highest BCUT2D eigenvalue weighted by Gasteiger charge is 2.30. The second-order valence-electron chi connectivity index (χ2n) is 5.84. The zero-order valence-corrected chi connectivity index (χ0v) is 12.4. The quantitative estimate of drug-likeness (QED) is 0.828. The topological polar surface area (TPSA) is 56.1 Å². The number of aryl methyl sites for hydroxylation is 1. The zero-order valence-electron chi connectivity index (χ0n) is 12.4. The minimum absolute atomic E-state index is 0.138. The van der Waals surface area contributed by atoms with Crippen LogP contribution in [0.1, 0.15) is 33.1 Å². The molecule has 0 bridgehead atoms. The summed E-state index contributed by atoms with van der Waals surface area (Å²) in [7, 11) is 0. The SMILES string of the molecule is CC(C)[C@H]1OCC[C@@H]1CNC(=O)CCCn1ccnc1. The van der Waals surface area contributed by atoms with Crippen molar-refractivity contribution in [3.8, 4) is 0 Å². The Hall–Kier alpha value is -1.36. The van der Waals surface area contributed by atoms with Gasteiger partial charge in [0.1, 0.15) is 0 Å². The van der Waals surface area contributed by atoms with Crippen molar-refractivity contribution < 1.29 is 9.53 Å². The van der Waals surface area contributed by atoms with Gasteiger partial charge in [-0.1, -0.05) is 13.8 Å². The number of imidazole rings is 1. The monoisotopic (exact) mass is 279 g/mol. The van der Waals surface area contributed by atoms with Crippen molar-refractivity contribution in [3.63, 3.8) is 0 Å². The van der Waals surface area contributed by atoms with E-state index in [4.69, 9.17) is 4.74 Å². The number of nitrogens with zero attached hydrogens (tertiary/aromatic N) is 2. The summed E-state index contributed by atoms with van der Waals surface area (Å²) in [4.78, 5) is 15.8. The normalized spacial score (nSPS) is 22.4. The fourth-order valence-electron chi connectivity index (χ4n) is 2.79. The molecule has 0 spiro atoms. The molecule has 5 heteroatoms. The van der Waals surface area contributed by atoms with E-state index in [0.29, 0.717) is 24.4 Å². The second-order valence-corrected chi connectivity index (χ2v) is 5.84. The summed E-state index contributed by atoms with van der Waals surface area (Å²) >= 11 is 0. The van der Waals surface area contributed by atoms with Gasteiger partial charge in [-0.2, -0.15) is 0 Å². The van der Waals surface area contributed by atoms with E-state index in [1.54, 1.807) is 12.5 Å². The van der Waals surface area contributed by atoms with Gasteiger partial charge >= 0.3 is 0 Å². The average Bonchev–Trinajstić information content (AvgIpc) is 3.07. The van der Waals surface area contributed by atoms with Gasteiger partial charge in [0.15, 0.2) is 0 Å². The van der Waals surface area contributed by atoms with Gasteiger partial charge in [0.05, 0.1) is 12.4 Å². The lowest BCUT2D eigenvalue weighted by Gasteiger charge is -2.22. The maximum Gasteiger partial charge on any atom is 0.220 e. The van der Waals surface area contributed by atoms with E-state index in [-0.39, 0.29) is 5.91 Å². The number of hydrogen-bond acceptors (Lipinski definition) is 3. The van der Waals surface area contributed by atoms with E-state index in [1.165, 1.54) is 0 Å². The summed E-state index contributed by atoms with van der Waals surface area (Å²) in [6.07, 6.45) is 8.21. The van der Waals surface area contributed by atoms with Crippen LogP contribution in [0.3, 0.4) is 0 Å². The molecule has 5 nitrogen and oxygen atoms in total. The van der Waals surface area contributed by atoms with E-state index in [2.05, 4.69) is 24.1 Å². The van der Waals surface area contributed by atoms with Crippen molar-refractivity contribution in [1.82, 2.24) is 14.9 Å². The van der Waals surface area contributed by atoms with Crippen molar-refractivity contribution in [2.24, 2.45) is 11.8 Å². The maximum atomic E-state index is 11.8. The zero-order chi connectivity index (χ0) is 14.4. The van der Waals surface area contributed by atoms with Gasteiger partial charge in [0, 0.05) is 44.4 Å². The number of aromatic nitrogens is 2. The lowest BCUT2D eigenvalue weighted by molar-refractivity contribution is -0.121. The Kier molecular flexibility index (Phi) is 5.59. The number of amides is 1. The lowest BCUT2D eigenvalue weighted by Crippen LogP contribution is -2.34. The van der Waals surface area contributed by atoms with Gasteiger partial charge in [0.25, 0.3) is 0 Å². The first-order valence-corrected chi connectivity index (χ1v) is 7.51. The largest absolute Gasteiger partial charge is 0.378 e. The number of carbonyl (C=O) groups is 1. The van der Waals surface area contributed by atoms with Crippen LogP contribution in [0.4, 0.5) is 0 Å². The molecule has 1 amide bonds. The van der Waals surface area contributed by atoms with Crippen LogP contribution in [0.25, 0.3) is 0 Å². The Morgan fingerprint density at radius 1 is 1.55 bits per heavy atom. The molecule has 0 radical (unpaired) electrons. The molecule has 1 fully saturated rings. The second kappa shape index (κ2) is 7.43. The average molecular weight is 279 g/mol. The van der Waals surface area contributed by atoms with Crippen LogP contribution in [0.15, 0.2) is 18.7 Å². The van der Waals surface area contributed by atoms with Crippen LogP contribution in [-0.4, -0.2) is 34.7 Å². The van der Waals surface area contributed by atoms with Crippen molar-refractivity contribution in [2.45, 2.75) is 45.8 Å². The first-order valence-electron chi connectivity index (χ1n) is 7.51. The lowest BCUT2D eigenvalue weighted by atomic mass is 9.93. The first-order chi connectivity index (χ1) is 9.66. The van der Waals surface area contributed by atoms with E-state index in [9.17, 15) is 4.79 Å². The minimum atomic E-state index is 0.138. The Morgan fingerprint density at radius 2 is 2.40 bits per heavy atom. The van der Waals surface area contributed by atoms with Crippen LogP contribution in [0.5, 0.6) is 0 Å². The number of nitrogens with one attached hydrogen (secondary N) is 1. The predicted molar refractivity (Wildman–Crippen MR) is 77.2 cm³/mol. The van der Waals surface area contributed by atoms with Crippen LogP contribution in [-0.2, 0) is 16.1 Å². The van der Waals surface area contributed by atoms with Crippen molar-refractivity contribution in [1.29, 1.82) is 0 Å². The summed E-state index contributed by atoms with van der Waals surface area (Å²) in [6.45, 7) is 6.76. The highest BCUT2D eigenvalue weighted by Crippen LogP contribution is 2.26. The van der Waals surface area contributed by atoms with Gasteiger partial charge in [-0.15, -0.1) is 0 Å². The molecule has 1 aliphatic rings. The molecule has 1 aliphatic heterocycles. The van der Waals surface area contributed by atoms with E-state index < -0.39 is 0 Å². The Balaban J connectivity index is 1.62. The van der Waals surface area contributed by atoms with E-state index in [1.807, 2.05) is 10.8 Å². The Morgan fingerprint density at radius 3 is 3.10 bits per heavy atom. The van der Waals surface area contributed by atoms with Crippen molar-refractivity contribution >= 4 is 5.91 Å². The molecule has 20 heavy (non-hydrogen) atoms. The highest BCUT2D eigenvalue weighted by atomic mass is 16.5. The molecule has 0 aliphatic carbocycles. The Labute approximate surface area is 120 Å². The number of ether oxygens (including phenoxy) is 1. The summed E-state index contributed by atoms with van der Waals surface area (Å²) in [5, 5.41) is 3.05. The molecular formula is C15H25N3O2. The molecule has 2 atom stereocenters. The molecule has 1 aromatic heterocycles. The van der Waals surface area contributed by atoms with E-state index in [0.717, 1.165) is 32.5 Å². The third-order valence-electron chi connectivity index (χ3n) is 3.86. The van der Waals surface area contributed by atoms with Crippen LogP contribution < -0.4 is 5.32 Å². The first kappa shape index (κ1) is 15.0. The minimum Gasteiger partial charge on any atom is -0.378 e. The summed E-state index contributed by atoms with van der Waals surface area (Å²) in [6, 6.07) is 0. The number of hydrogen-bond donors (Lipinski definition) is 1. The number of rotatable bonds is 7. The van der Waals surface area contributed by atoms with Gasteiger partial charge < -0.3 is 14.6 Å². The van der Waals surface area contributed by atoms with Crippen LogP contribution in [0, 0.1) is 11.8 Å². The highest BCUT2D eigenvalue weighted by molar-refractivity contribution is 5.75. The van der Waals surface area contributed by atoms with Crippen molar-refractivity contribution in [2.75, 3.05) is 13.2 Å². The summed E-state index contributed by atoms with van der Waals surface area (Å²) in [5.41, 5.74) is 0. The van der Waals surface area contributed by atoms with Gasteiger partial charge in [-0.05, 0) is 18.8 Å². The molecule has 2 heterocycles. The maximum absolute atomic E-state index is 11.8. The van der Waals surface area contributed by atoms with Crippen LogP contribution >= 0.6 is 0 Å². The predicted octanol–water partition coefficient (Wildman–Crippen LogP) is 1.84. The third kappa shape index (κ3) is 4.34. The summed E-state index contributed by atoms with van der Waals surface area (Å²) in [5.74, 6) is 1.12. The molecule has 1 N–H and O–H groups in total. The molecule has 112 valence electrons. The molecule has 0 saturated carbocycles. The fraction of sp³-hybridized carbons (Fsp3) is 0.733. The summed E-state index contributed by atoms with van der Waals surface area (Å²) < 4.78 is 7.72. The third-order valence-corrected chi connectivity index (χ3v) is 3.86. The Bertz CT molecular complexity index is 403.